The van der Waals surface area contributed by atoms with Gasteiger partial charge >= 0.3 is 5.97 Å². The minimum Gasteiger partial charge on any atom is -0.507 e. The molecule has 0 radical (unpaired) electrons. The number of nitrogens with one attached hydrogen (secondary N) is 2. The molecule has 15 heteroatoms. The summed E-state index contributed by atoms with van der Waals surface area (Å²) in [4.78, 5) is 95.1. The second-order valence-corrected chi connectivity index (χ2v) is 16.2. The Hall–Kier alpha value is -6.09. The summed E-state index contributed by atoms with van der Waals surface area (Å²) in [6.07, 6.45) is 6.63. The molecule has 1 aliphatic heterocycles. The highest BCUT2D eigenvalue weighted by Gasteiger charge is 2.34. The fraction of sp³-hybridized carbons (Fsp3) is 0.468. The highest BCUT2D eigenvalue weighted by atomic mass is 16.4. The van der Waals surface area contributed by atoms with Gasteiger partial charge in [0.1, 0.15) is 29.6 Å². The van der Waals surface area contributed by atoms with Crippen molar-refractivity contribution in [3.63, 3.8) is 0 Å². The molecule has 0 saturated heterocycles. The van der Waals surface area contributed by atoms with Gasteiger partial charge in [0.15, 0.2) is 11.6 Å². The number of ketones is 2. The number of nitrogens with zero attached hydrogens (tertiary/aromatic N) is 2. The lowest BCUT2D eigenvalue weighted by Crippen LogP contribution is -2.53. The number of carbonyl (C=O) groups excluding carboxylic acids is 6. The lowest BCUT2D eigenvalue weighted by molar-refractivity contribution is -0.143. The van der Waals surface area contributed by atoms with Crippen molar-refractivity contribution in [1.82, 2.24) is 20.4 Å². The van der Waals surface area contributed by atoms with Crippen molar-refractivity contribution in [2.24, 2.45) is 5.92 Å². The summed E-state index contributed by atoms with van der Waals surface area (Å²) in [7, 11) is 2.73. The Morgan fingerprint density at radius 2 is 1.47 bits per heavy atom. The largest absolute Gasteiger partial charge is 0.507 e. The molecule has 4 rings (SSSR count). The first-order valence-corrected chi connectivity index (χ1v) is 21.2. The maximum atomic E-state index is 14.0. The minimum atomic E-state index is -1.37. The van der Waals surface area contributed by atoms with Gasteiger partial charge in [0.2, 0.25) is 17.7 Å². The molecule has 5 atom stereocenters. The molecule has 0 aliphatic carbocycles. The molecule has 3 aromatic rings. The van der Waals surface area contributed by atoms with E-state index in [1.54, 1.807) is 12.1 Å². The fourth-order valence-corrected chi connectivity index (χ4v) is 7.55. The predicted molar refractivity (Wildman–Crippen MR) is 231 cm³/mol. The van der Waals surface area contributed by atoms with Gasteiger partial charge in [-0.1, -0.05) is 70.2 Å². The first kappa shape index (κ1) is 48.6. The van der Waals surface area contributed by atoms with Crippen molar-refractivity contribution in [2.75, 3.05) is 20.7 Å². The van der Waals surface area contributed by atoms with Crippen LogP contribution in [-0.4, -0.2) is 110 Å². The number of Topliss-reactive ketones (excluding diaryl/α,β-unsaturated/α-hetero) is 2. The van der Waals surface area contributed by atoms with E-state index in [9.17, 15) is 54.0 Å². The number of benzene rings is 3. The first-order valence-electron chi connectivity index (χ1n) is 21.2. The Morgan fingerprint density at radius 1 is 0.839 bits per heavy atom. The van der Waals surface area contributed by atoms with Crippen LogP contribution >= 0.6 is 0 Å². The minimum absolute atomic E-state index is 0.103. The molecule has 3 aromatic carbocycles. The van der Waals surface area contributed by atoms with Crippen molar-refractivity contribution >= 4 is 41.2 Å². The van der Waals surface area contributed by atoms with Crippen LogP contribution in [-0.2, 0) is 41.6 Å². The number of phenols is 2. The molecule has 15 nitrogen and oxygen atoms in total. The number of aliphatic carboxylic acids is 1. The van der Waals surface area contributed by atoms with Gasteiger partial charge in [0.05, 0.1) is 12.6 Å². The van der Waals surface area contributed by atoms with Gasteiger partial charge in [-0.05, 0) is 72.9 Å². The number of fused-ring (bicyclic) bond motifs is 5. The normalized spacial score (nSPS) is 17.5. The number of unbranched alkanes of at least 4 members (excludes halogenated alkanes) is 5. The quantitative estimate of drug-likeness (QED) is 0.0945. The molecule has 1 aliphatic rings. The molecule has 0 spiro atoms. The lowest BCUT2D eigenvalue weighted by atomic mass is 9.89. The van der Waals surface area contributed by atoms with Crippen LogP contribution in [0.1, 0.15) is 112 Å². The Balaban J connectivity index is 1.44. The topological polar surface area (TPSA) is 231 Å². The fourth-order valence-electron chi connectivity index (χ4n) is 7.55. The van der Waals surface area contributed by atoms with Gasteiger partial charge in [-0.25, -0.2) is 4.79 Å². The number of phenolic OH excluding ortho intramolecular Hbond substituents is 2. The number of hydrogen-bond acceptors (Lipinski definition) is 10. The lowest BCUT2D eigenvalue weighted by Gasteiger charge is -2.30. The average molecular weight is 857 g/mol. The van der Waals surface area contributed by atoms with E-state index in [4.69, 9.17) is 0 Å². The zero-order chi connectivity index (χ0) is 45.7. The number of aryl methyl sites for hydroxylation is 1. The van der Waals surface area contributed by atoms with Crippen molar-refractivity contribution in [2.45, 2.75) is 116 Å². The van der Waals surface area contributed by atoms with Crippen LogP contribution in [0.15, 0.2) is 60.7 Å². The van der Waals surface area contributed by atoms with E-state index in [0.717, 1.165) is 34.6 Å². The molecule has 0 unspecified atom stereocenters. The second-order valence-electron chi connectivity index (χ2n) is 16.2. The zero-order valence-electron chi connectivity index (χ0n) is 36.2. The van der Waals surface area contributed by atoms with Crippen LogP contribution in [0.5, 0.6) is 11.5 Å². The molecule has 0 fully saturated rings. The summed E-state index contributed by atoms with van der Waals surface area (Å²) in [5, 5.41) is 46.7. The summed E-state index contributed by atoms with van der Waals surface area (Å²) in [6.45, 7) is 4.34. The smallest absolute Gasteiger partial charge is 0.326 e. The summed E-state index contributed by atoms with van der Waals surface area (Å²) in [6, 6.07) is 10.4. The van der Waals surface area contributed by atoms with Gasteiger partial charge < -0.3 is 40.9 Å². The van der Waals surface area contributed by atoms with E-state index < -0.39 is 84.3 Å². The number of aromatic hydroxyl groups is 2. The third kappa shape index (κ3) is 12.7. The summed E-state index contributed by atoms with van der Waals surface area (Å²) in [5.41, 5.74) is 2.33. The number of carboxylic acids is 1. The van der Waals surface area contributed by atoms with E-state index >= 15 is 0 Å². The number of likely N-dealkylation sites (N-methyl/N-ethyl adjacent to an activating group) is 2. The maximum Gasteiger partial charge on any atom is 0.326 e. The van der Waals surface area contributed by atoms with E-state index in [-0.39, 0.29) is 47.5 Å². The van der Waals surface area contributed by atoms with Crippen molar-refractivity contribution in [3.8, 4) is 22.6 Å². The number of carboxylic acid groups (broad SMARTS) is 1. The molecule has 62 heavy (non-hydrogen) atoms. The van der Waals surface area contributed by atoms with E-state index in [1.165, 1.54) is 90.0 Å². The van der Waals surface area contributed by atoms with Gasteiger partial charge in [-0.15, -0.1) is 0 Å². The highest BCUT2D eigenvalue weighted by Crippen LogP contribution is 2.39. The van der Waals surface area contributed by atoms with Crippen LogP contribution in [0.4, 0.5) is 0 Å². The number of amides is 4. The third-order valence-corrected chi connectivity index (χ3v) is 11.5. The molecule has 6 N–H and O–H groups in total. The summed E-state index contributed by atoms with van der Waals surface area (Å²) in [5.74, 6) is -6.58. The second kappa shape index (κ2) is 22.7. The molecular weight excluding hydrogens is 797 g/mol. The number of aliphatic hydroxyl groups is 1. The Morgan fingerprint density at radius 3 is 2.11 bits per heavy atom. The van der Waals surface area contributed by atoms with Gasteiger partial charge in [-0.3, -0.25) is 28.8 Å². The van der Waals surface area contributed by atoms with Gasteiger partial charge in [0, 0.05) is 62.4 Å². The number of hydrogen-bond donors (Lipinski definition) is 6. The number of aliphatic hydroxyl groups excluding tert-OH is 1. The average Bonchev–Trinajstić information content (AvgIpc) is 3.24. The third-order valence-electron chi connectivity index (χ3n) is 11.5. The van der Waals surface area contributed by atoms with Crippen molar-refractivity contribution in [3.05, 3.63) is 82.9 Å². The molecule has 0 aromatic heterocycles. The van der Waals surface area contributed by atoms with Crippen LogP contribution in [0.3, 0.4) is 0 Å². The monoisotopic (exact) mass is 856 g/mol. The van der Waals surface area contributed by atoms with Gasteiger partial charge in [-0.2, -0.15) is 0 Å². The Bertz CT molecular complexity index is 2100. The van der Waals surface area contributed by atoms with Crippen LogP contribution in [0.25, 0.3) is 11.1 Å². The molecule has 0 saturated carbocycles. The summed E-state index contributed by atoms with van der Waals surface area (Å²) >= 11 is 0. The van der Waals surface area contributed by atoms with E-state index in [2.05, 4.69) is 17.6 Å². The van der Waals surface area contributed by atoms with Crippen LogP contribution in [0, 0.1) is 5.92 Å². The molecule has 4 amide bonds. The Labute approximate surface area is 362 Å². The van der Waals surface area contributed by atoms with E-state index in [0.29, 0.717) is 11.1 Å². The first-order chi connectivity index (χ1) is 29.5. The van der Waals surface area contributed by atoms with Crippen molar-refractivity contribution < 1.29 is 54.0 Å². The maximum absolute atomic E-state index is 14.0. The van der Waals surface area contributed by atoms with Gasteiger partial charge in [0.25, 0.3) is 5.91 Å². The highest BCUT2D eigenvalue weighted by molar-refractivity contribution is 5.99. The standard InChI is InChI=1S/C47H60N4O11/c1-6-7-8-9-10-11-12-30-13-16-32(17-14-30)46(60)50(4)37(27-52)45(59)48-29(3)38(53)21-22-42(57)51(5)43-33-18-20-40(55)35(26-33)34-24-31(15-19-39(34)54)25-36(47(61)62)49-44(58)28(2)23-41(43)56/h13-20,24,26,28-29,36-37,43,52,54-55H,6-12,21-23,25,27H2,1-5H3,(H,48,59)(H,49,58)(H,61,62)/t28-,29-,36+,37-,43+/m1/s1. The molecule has 334 valence electrons. The predicted octanol–water partition coefficient (Wildman–Crippen LogP) is 4.88. The van der Waals surface area contributed by atoms with Crippen LogP contribution in [0.2, 0.25) is 0 Å². The molecule has 4 bridgehead atoms. The molecule has 1 heterocycles. The summed E-state index contributed by atoms with van der Waals surface area (Å²) < 4.78 is 0. The van der Waals surface area contributed by atoms with Crippen LogP contribution < -0.4 is 10.6 Å². The molecular formula is C47H60N4O11. The van der Waals surface area contributed by atoms with Crippen molar-refractivity contribution in [1.29, 1.82) is 0 Å². The van der Waals surface area contributed by atoms with E-state index in [1.807, 2.05) is 12.1 Å². The SMILES string of the molecule is CCCCCCCCc1ccc(C(=O)N(C)[C@H](CO)C(=O)N[C@H](C)C(=O)CCC(=O)N(C)[C@@H]2C(=O)C[C@@H](C)C(=O)N[C@H](C(=O)O)Cc3ccc(O)c(c3)-c3cc2ccc3O)cc1. The Kier molecular flexibility index (Phi) is 17.8. The number of carbonyl (C=O) groups is 7. The number of rotatable bonds is 18. The zero-order valence-corrected chi connectivity index (χ0v) is 36.2.